The minimum atomic E-state index is -0.218. The van der Waals surface area contributed by atoms with Gasteiger partial charge in [0, 0.05) is 4.75 Å². The topological polar surface area (TPSA) is 18.5 Å². The first-order chi connectivity index (χ1) is 12.2. The second-order valence-corrected chi connectivity index (χ2v) is 13.8. The van der Waals surface area contributed by atoms with Crippen molar-refractivity contribution in [2.24, 2.45) is 17.3 Å². The first-order valence-electron chi connectivity index (χ1n) is 11.2. The van der Waals surface area contributed by atoms with Crippen LogP contribution in [0, 0.1) is 17.3 Å². The van der Waals surface area contributed by atoms with Crippen LogP contribution in [-0.4, -0.2) is 28.2 Å². The normalized spacial score (nSPS) is 16.0. The molecule has 170 valence electrons. The number of hydrogen-bond acceptors (Lipinski definition) is 3. The summed E-state index contributed by atoms with van der Waals surface area (Å²) in [4.78, 5) is 0. The van der Waals surface area contributed by atoms with Crippen molar-refractivity contribution >= 4 is 12.6 Å². The number of rotatable bonds is 13. The van der Waals surface area contributed by atoms with E-state index >= 15 is 0 Å². The number of ether oxygens (including phenoxy) is 2. The Balaban J connectivity index is 4.58. The molecule has 0 aliphatic carbocycles. The predicted molar refractivity (Wildman–Crippen MR) is 129 cm³/mol. The van der Waals surface area contributed by atoms with E-state index in [1.54, 1.807) is 0 Å². The smallest absolute Gasteiger partial charge is 0.0655 e. The van der Waals surface area contributed by atoms with Crippen LogP contribution in [0.1, 0.15) is 116 Å². The van der Waals surface area contributed by atoms with Gasteiger partial charge in [-0.3, -0.25) is 0 Å². The van der Waals surface area contributed by atoms with Crippen LogP contribution < -0.4 is 0 Å². The summed E-state index contributed by atoms with van der Waals surface area (Å²) in [5.74, 6) is 1.34. The lowest BCUT2D eigenvalue weighted by atomic mass is 9.73. The third-order valence-corrected chi connectivity index (χ3v) is 6.04. The average Bonchev–Trinajstić information content (AvgIpc) is 2.30. The summed E-state index contributed by atoms with van der Waals surface area (Å²) >= 11 is 4.68. The lowest BCUT2D eigenvalue weighted by Crippen LogP contribution is -2.41. The summed E-state index contributed by atoms with van der Waals surface area (Å²) in [5, 5.41) is 0. The van der Waals surface area contributed by atoms with Crippen molar-refractivity contribution in [1.29, 1.82) is 0 Å². The third kappa shape index (κ3) is 12.8. The highest BCUT2D eigenvalue weighted by Gasteiger charge is 2.34. The number of hydrogen-bond donors (Lipinski definition) is 1. The SMILES string of the molecule is CC(CC(C)(C)OCCC(C)(C)OC(C)(C)CC(C)(C)S)CC(C)(C)C(C)C. The summed E-state index contributed by atoms with van der Waals surface area (Å²) in [6.07, 6.45) is 4.12. The summed E-state index contributed by atoms with van der Waals surface area (Å²) in [6, 6.07) is 0. The molecule has 0 aliphatic heterocycles. The van der Waals surface area contributed by atoms with Gasteiger partial charge in [0.2, 0.25) is 0 Å². The van der Waals surface area contributed by atoms with Crippen LogP contribution in [0.5, 0.6) is 0 Å². The molecular weight excluding hydrogens is 364 g/mol. The van der Waals surface area contributed by atoms with Crippen LogP contribution in [0.15, 0.2) is 0 Å². The van der Waals surface area contributed by atoms with E-state index in [0.717, 1.165) is 25.9 Å². The molecule has 0 bridgehead atoms. The molecule has 0 saturated carbocycles. The molecule has 0 amide bonds. The molecule has 0 aromatic carbocycles. The first-order valence-corrected chi connectivity index (χ1v) is 11.7. The largest absolute Gasteiger partial charge is 0.375 e. The zero-order chi connectivity index (χ0) is 22.6. The maximum Gasteiger partial charge on any atom is 0.0655 e. The van der Waals surface area contributed by atoms with Crippen molar-refractivity contribution < 1.29 is 9.47 Å². The molecule has 0 aromatic rings. The van der Waals surface area contributed by atoms with Gasteiger partial charge < -0.3 is 9.47 Å². The molecule has 0 saturated heterocycles. The van der Waals surface area contributed by atoms with Crippen LogP contribution in [-0.2, 0) is 9.47 Å². The highest BCUT2D eigenvalue weighted by atomic mass is 32.1. The lowest BCUT2D eigenvalue weighted by molar-refractivity contribution is -0.145. The van der Waals surface area contributed by atoms with Crippen molar-refractivity contribution in [2.45, 2.75) is 137 Å². The quantitative estimate of drug-likeness (QED) is 0.307. The van der Waals surface area contributed by atoms with Gasteiger partial charge in [0.15, 0.2) is 0 Å². The van der Waals surface area contributed by atoms with Gasteiger partial charge in [-0.2, -0.15) is 12.6 Å². The molecule has 28 heavy (non-hydrogen) atoms. The van der Waals surface area contributed by atoms with Crippen molar-refractivity contribution in [3.8, 4) is 0 Å². The second-order valence-electron chi connectivity index (χ2n) is 12.6. The Labute approximate surface area is 183 Å². The lowest BCUT2D eigenvalue weighted by Gasteiger charge is -2.40. The van der Waals surface area contributed by atoms with Gasteiger partial charge in [0.1, 0.15) is 0 Å². The van der Waals surface area contributed by atoms with Crippen LogP contribution in [0.4, 0.5) is 0 Å². The molecular formula is C25H52O2S. The van der Waals surface area contributed by atoms with Gasteiger partial charge in [-0.1, -0.05) is 48.5 Å². The minimum absolute atomic E-state index is 0.0437. The summed E-state index contributed by atoms with van der Waals surface area (Å²) in [7, 11) is 0. The van der Waals surface area contributed by atoms with E-state index < -0.39 is 0 Å². The standard InChI is InChI=1S/C25H52O2S/c1-19(2)21(4,5)16-20(3)17-23(8,9)26-15-14-22(6,7)27-24(10,11)18-25(12,13)28/h19-20,28H,14-18H2,1-13H3. The predicted octanol–water partition coefficient (Wildman–Crippen LogP) is 7.94. The minimum Gasteiger partial charge on any atom is -0.375 e. The van der Waals surface area contributed by atoms with E-state index in [4.69, 9.17) is 9.47 Å². The molecule has 2 nitrogen and oxygen atoms in total. The maximum absolute atomic E-state index is 6.46. The van der Waals surface area contributed by atoms with Gasteiger partial charge >= 0.3 is 0 Å². The molecule has 0 aliphatic rings. The van der Waals surface area contributed by atoms with Gasteiger partial charge in [0.05, 0.1) is 23.4 Å². The van der Waals surface area contributed by atoms with Gasteiger partial charge in [0.25, 0.3) is 0 Å². The third-order valence-electron chi connectivity index (χ3n) is 5.89. The monoisotopic (exact) mass is 416 g/mol. The van der Waals surface area contributed by atoms with Crippen molar-refractivity contribution in [3.63, 3.8) is 0 Å². The van der Waals surface area contributed by atoms with E-state index in [-0.39, 0.29) is 21.6 Å². The molecule has 1 unspecified atom stereocenters. The van der Waals surface area contributed by atoms with Gasteiger partial charge in [-0.25, -0.2) is 0 Å². The van der Waals surface area contributed by atoms with Crippen molar-refractivity contribution in [3.05, 3.63) is 0 Å². The molecule has 0 aromatic heterocycles. The molecule has 3 heteroatoms. The Kier molecular flexibility index (Phi) is 10.1. The molecule has 0 rings (SSSR count). The van der Waals surface area contributed by atoms with E-state index in [1.807, 2.05) is 0 Å². The highest BCUT2D eigenvalue weighted by Crippen LogP contribution is 2.37. The van der Waals surface area contributed by atoms with Crippen molar-refractivity contribution in [1.82, 2.24) is 0 Å². The van der Waals surface area contributed by atoms with E-state index in [9.17, 15) is 0 Å². The summed E-state index contributed by atoms with van der Waals surface area (Å²) in [5.41, 5.74) is -0.159. The molecule has 1 atom stereocenters. The van der Waals surface area contributed by atoms with Crippen molar-refractivity contribution in [2.75, 3.05) is 6.61 Å². The fourth-order valence-corrected chi connectivity index (χ4v) is 4.93. The fraction of sp³-hybridized carbons (Fsp3) is 1.00. The van der Waals surface area contributed by atoms with Crippen LogP contribution >= 0.6 is 12.6 Å². The molecule has 0 radical (unpaired) electrons. The Bertz CT molecular complexity index is 456. The average molecular weight is 417 g/mol. The van der Waals surface area contributed by atoms with Crippen LogP contribution in [0.2, 0.25) is 0 Å². The zero-order valence-corrected chi connectivity index (χ0v) is 22.3. The summed E-state index contributed by atoms with van der Waals surface area (Å²) in [6.45, 7) is 29.9. The molecule has 0 spiro atoms. The Hall–Kier alpha value is 0.270. The first kappa shape index (κ1) is 28.3. The van der Waals surface area contributed by atoms with Gasteiger partial charge in [-0.15, -0.1) is 0 Å². The maximum atomic E-state index is 6.46. The van der Waals surface area contributed by atoms with Gasteiger partial charge in [-0.05, 0) is 84.5 Å². The van der Waals surface area contributed by atoms with Crippen LogP contribution in [0.25, 0.3) is 0 Å². The summed E-state index contributed by atoms with van der Waals surface area (Å²) < 4.78 is 12.7. The fourth-order valence-electron chi connectivity index (χ4n) is 4.55. The Morgan fingerprint density at radius 2 is 1.21 bits per heavy atom. The second kappa shape index (κ2) is 10.1. The Morgan fingerprint density at radius 3 is 1.64 bits per heavy atom. The highest BCUT2D eigenvalue weighted by molar-refractivity contribution is 7.81. The van der Waals surface area contributed by atoms with E-state index in [2.05, 4.69) is 103 Å². The zero-order valence-electron chi connectivity index (χ0n) is 21.5. The van der Waals surface area contributed by atoms with E-state index in [1.165, 1.54) is 6.42 Å². The van der Waals surface area contributed by atoms with E-state index in [0.29, 0.717) is 17.3 Å². The Morgan fingerprint density at radius 1 is 0.714 bits per heavy atom. The number of thiol groups is 1. The molecule has 0 N–H and O–H groups in total. The van der Waals surface area contributed by atoms with Crippen LogP contribution in [0.3, 0.4) is 0 Å². The molecule has 0 heterocycles. The molecule has 0 fully saturated rings.